The van der Waals surface area contributed by atoms with E-state index in [4.69, 9.17) is 76.3 Å². The number of amides is 4. The molecule has 758 valence electrons. The maximum absolute atomic E-state index is 12.4. The van der Waals surface area contributed by atoms with Crippen molar-refractivity contribution in [2.24, 2.45) is 0 Å². The van der Waals surface area contributed by atoms with E-state index in [-0.39, 0.29) is 48.0 Å². The van der Waals surface area contributed by atoms with Crippen molar-refractivity contribution in [2.75, 3.05) is 105 Å². The Labute approximate surface area is 849 Å². The molecular weight excluding hydrogens is 1890 g/mol. The van der Waals surface area contributed by atoms with Crippen molar-refractivity contribution in [3.8, 4) is 79.5 Å². The van der Waals surface area contributed by atoms with Gasteiger partial charge in [0, 0.05) is 176 Å². The van der Waals surface area contributed by atoms with Gasteiger partial charge in [0.2, 0.25) is 47.3 Å². The largest absolute Gasteiger partial charge is 0.495 e. The summed E-state index contributed by atoms with van der Waals surface area (Å²) in [4.78, 5) is 122. The number of pyridine rings is 1. The number of anilines is 8. The lowest BCUT2D eigenvalue weighted by Crippen LogP contribution is -2.27. The molecule has 0 radical (unpaired) electrons. The number of aryl methyl sites for hydroxylation is 5. The number of hydrogen-bond donors (Lipinski definition) is 10. The molecule has 19 aromatic rings. The molecule has 148 heavy (non-hydrogen) atoms. The molecule has 3 aliphatic rings. The van der Waals surface area contributed by atoms with Crippen LogP contribution in [-0.2, 0) is 4.74 Å². The van der Waals surface area contributed by atoms with Crippen molar-refractivity contribution in [1.29, 1.82) is 0 Å². The third kappa shape index (κ3) is 21.6. The molecule has 1 saturated heterocycles. The minimum atomic E-state index is -0.285. The number of aromatic amines is 4. The predicted molar refractivity (Wildman–Crippen MR) is 564 cm³/mol. The highest BCUT2D eigenvalue weighted by Gasteiger charge is 2.31. The number of benzene rings is 7. The van der Waals surface area contributed by atoms with Gasteiger partial charge >= 0.3 is 0 Å². The van der Waals surface area contributed by atoms with E-state index in [1.54, 1.807) is 141 Å². The number of carbonyl (C=O) groups excluding carboxylic acids is 4. The summed E-state index contributed by atoms with van der Waals surface area (Å²) >= 11 is 0. The predicted octanol–water partition coefficient (Wildman–Crippen LogP) is 19.9. The monoisotopic (exact) mass is 2000 g/mol. The van der Waals surface area contributed by atoms with Crippen molar-refractivity contribution in [3.63, 3.8) is 0 Å². The normalized spacial score (nSPS) is 14.2. The molecule has 12 aromatic heterocycles. The highest BCUT2D eigenvalue weighted by molar-refractivity contribution is 6.04. The summed E-state index contributed by atoms with van der Waals surface area (Å²) in [7, 11) is 16.6. The lowest BCUT2D eigenvalue weighted by atomic mass is 9.95. The molecular formula is C109H112N24O15. The van der Waals surface area contributed by atoms with Gasteiger partial charge in [0.15, 0.2) is 34.4 Å². The molecule has 2 aliphatic carbocycles. The number of hydrogen-bond acceptors (Lipinski definition) is 31. The van der Waals surface area contributed by atoms with Crippen LogP contribution in [-0.4, -0.2) is 231 Å². The minimum Gasteiger partial charge on any atom is -0.495 e. The molecule has 1 aliphatic heterocycles. The third-order valence-corrected chi connectivity index (χ3v) is 25.8. The molecule has 0 unspecified atom stereocenters. The fourth-order valence-electron chi connectivity index (χ4n) is 18.3. The Morgan fingerprint density at radius 2 is 0.703 bits per heavy atom. The van der Waals surface area contributed by atoms with E-state index >= 15 is 0 Å². The van der Waals surface area contributed by atoms with Crippen molar-refractivity contribution in [3.05, 3.63) is 228 Å². The summed E-state index contributed by atoms with van der Waals surface area (Å²) in [5.74, 6) is 5.79. The number of aromatic nitrogens is 16. The van der Waals surface area contributed by atoms with Crippen LogP contribution in [0.2, 0.25) is 0 Å². The second-order valence-corrected chi connectivity index (χ2v) is 36.9. The van der Waals surface area contributed by atoms with E-state index in [2.05, 4.69) is 76.4 Å². The topological polar surface area (TPSA) is 480 Å². The summed E-state index contributed by atoms with van der Waals surface area (Å²) in [5.41, 5.74) is 21.4. The van der Waals surface area contributed by atoms with Gasteiger partial charge < -0.3 is 113 Å². The first-order chi connectivity index (χ1) is 71.6. The number of carbonyl (C=O) groups is 4. The maximum atomic E-state index is 12.4. The zero-order valence-corrected chi connectivity index (χ0v) is 84.4. The van der Waals surface area contributed by atoms with Crippen molar-refractivity contribution < 1.29 is 70.7 Å². The fourth-order valence-corrected chi connectivity index (χ4v) is 18.3. The maximum Gasteiger partial charge on any atom is 0.253 e. The zero-order valence-electron chi connectivity index (χ0n) is 84.4. The SMILES string of the molecule is CNC(=O)c1ccc(Nc2nc(OC3CCOCC3)c3c(-c4ccc5nc(C)oc5c4)c[nH]c3n2)c(OC)c1.COc1cc(C(=O)N(C)C)ccc1Nc1nc(OC2CCCC2)c2c(-c3ccc4nc(C)oc4c3)c[nH]c2n1.COc1nc(Nc2ccc(C(=O)N(C)C)cc2C)nc2[nH]cc(-c3ccncc3)c12.Cc1nc2ccc(-c3c[nH]c4nc(Nc5ccc(C(=O)N(C)C)cc5C)nc(OC5CCC(O)CC5)c34)cc2o1. The van der Waals surface area contributed by atoms with Crippen LogP contribution >= 0.6 is 0 Å². The standard InChI is InChI=1S/C30H32N6O4.C29H30N6O4.C28H28N6O5.C22H22N6O2/c1-16-13-19(29(38)36(3)4)6-11-23(16)33-30-34-27-26(28(35-30)40-21-9-7-20(37)8-10-21)22(15-31-27)18-5-12-24-25(14-18)39-17(2)32-24;1-16-31-22-11-9-17(13-24(22)38-16)20-15-30-26-25(20)27(39-19-7-5-6-8-19)34-29(33-26)32-21-12-10-18(14-23(21)37-4)28(36)35(2)3;1-15-31-21-6-4-16(12-23(21)38-15)19-14-30-25-24(19)27(39-18-8-10-37-11-9-18)34-28(33-25)32-20-7-5-17(26(35)29-2)13-22(20)36-3;1-13-11-15(21(29)28(2)3)5-6-17(13)25-22-26-19-18(20(27-22)30-4)16(12-24-19)14-7-9-23-10-8-14/h5-6,11-15,20-21,37H,7-10H2,1-4H3,(H2,31,33,34,35);9-15,19H,5-8H2,1-4H3,(H2,30,32,33,34);4-7,12-14,18H,8-11H2,1-3H3,(H,29,35)(H2,30,32,33,34);5-12H,1-4H3,(H2,24,25,26,27). The van der Waals surface area contributed by atoms with Crippen LogP contribution < -0.4 is 55.0 Å². The molecule has 39 heteroatoms. The van der Waals surface area contributed by atoms with Gasteiger partial charge in [-0.05, 0) is 220 Å². The van der Waals surface area contributed by atoms with Crippen molar-refractivity contribution >= 4 is 148 Å². The number of H-pyrrole nitrogens is 4. The van der Waals surface area contributed by atoms with Crippen LogP contribution in [0.1, 0.15) is 134 Å². The molecule has 13 heterocycles. The molecule has 2 saturated carbocycles. The Morgan fingerprint density at radius 3 is 1.07 bits per heavy atom. The van der Waals surface area contributed by atoms with Gasteiger partial charge in [-0.2, -0.15) is 39.9 Å². The van der Waals surface area contributed by atoms with Crippen molar-refractivity contribution in [2.45, 2.75) is 123 Å². The van der Waals surface area contributed by atoms with Gasteiger partial charge in [-0.1, -0.05) is 18.2 Å². The molecule has 0 atom stereocenters. The van der Waals surface area contributed by atoms with E-state index in [9.17, 15) is 24.3 Å². The number of ether oxygens (including phenoxy) is 7. The Bertz CT molecular complexity index is 8160. The van der Waals surface area contributed by atoms with Gasteiger partial charge in [0.1, 0.15) is 68.9 Å². The summed E-state index contributed by atoms with van der Waals surface area (Å²) in [6.45, 7) is 10.6. The van der Waals surface area contributed by atoms with Gasteiger partial charge in [0.25, 0.3) is 23.6 Å². The highest BCUT2D eigenvalue weighted by Crippen LogP contribution is 2.45. The van der Waals surface area contributed by atoms with Crippen LogP contribution in [0.4, 0.5) is 46.5 Å². The molecule has 22 rings (SSSR count). The van der Waals surface area contributed by atoms with Crippen molar-refractivity contribution in [1.82, 2.24) is 99.8 Å². The number of methoxy groups -OCH3 is 3. The Hall–Kier alpha value is -17.6. The lowest BCUT2D eigenvalue weighted by Gasteiger charge is -2.26. The van der Waals surface area contributed by atoms with E-state index in [1.807, 2.05) is 150 Å². The number of fused-ring (bicyclic) bond motifs is 7. The van der Waals surface area contributed by atoms with E-state index in [0.717, 1.165) is 162 Å². The molecule has 39 nitrogen and oxygen atoms in total. The quantitative estimate of drug-likeness (QED) is 0.0254. The lowest BCUT2D eigenvalue weighted by molar-refractivity contribution is 0.0244. The van der Waals surface area contributed by atoms with Crippen LogP contribution in [0.25, 0.3) is 122 Å². The fraction of sp³-hybridized carbons (Fsp3) is 0.284. The molecule has 7 aromatic carbocycles. The number of aliphatic hydroxyl groups is 1. The Kier molecular flexibility index (Phi) is 28.9. The first-order valence-corrected chi connectivity index (χ1v) is 48.6. The first-order valence-electron chi connectivity index (χ1n) is 48.6. The third-order valence-electron chi connectivity index (χ3n) is 25.8. The summed E-state index contributed by atoms with van der Waals surface area (Å²) in [6, 6.07) is 42.9. The number of rotatable bonds is 25. The zero-order chi connectivity index (χ0) is 103. The van der Waals surface area contributed by atoms with Gasteiger partial charge in [-0.15, -0.1) is 0 Å². The second-order valence-electron chi connectivity index (χ2n) is 36.9. The van der Waals surface area contributed by atoms with E-state index in [0.29, 0.717) is 170 Å². The average molecular weight is 2000 g/mol. The Morgan fingerprint density at radius 1 is 0.365 bits per heavy atom. The number of nitrogens with zero attached hydrogens (tertiary/aromatic N) is 15. The van der Waals surface area contributed by atoms with Crippen LogP contribution in [0.5, 0.6) is 35.0 Å². The minimum absolute atomic E-state index is 0.0340. The van der Waals surface area contributed by atoms with Crippen LogP contribution in [0, 0.1) is 34.6 Å². The summed E-state index contributed by atoms with van der Waals surface area (Å²) in [6.07, 6.45) is 19.5. The first kappa shape index (κ1) is 99.1. The highest BCUT2D eigenvalue weighted by atomic mass is 16.5. The van der Waals surface area contributed by atoms with Gasteiger partial charge in [-0.25, -0.2) is 15.0 Å². The average Bonchev–Trinajstić information content (AvgIpc) is 1.61. The number of nitrogens with one attached hydrogen (secondary N) is 9. The smallest absolute Gasteiger partial charge is 0.253 e. The summed E-state index contributed by atoms with van der Waals surface area (Å²) in [5, 5.41) is 28.8. The van der Waals surface area contributed by atoms with Crippen LogP contribution in [0.15, 0.2) is 190 Å². The summed E-state index contributed by atoms with van der Waals surface area (Å²) < 4.78 is 58.9. The van der Waals surface area contributed by atoms with E-state index < -0.39 is 0 Å². The number of aliphatic hydroxyl groups excluding tert-OH is 1. The van der Waals surface area contributed by atoms with Gasteiger partial charge in [-0.3, -0.25) is 24.2 Å². The van der Waals surface area contributed by atoms with E-state index in [1.165, 1.54) is 4.90 Å². The molecule has 0 bridgehead atoms. The molecule has 3 fully saturated rings. The Balaban J connectivity index is 0.000000125. The second kappa shape index (κ2) is 43.1. The molecule has 10 N–H and O–H groups in total. The van der Waals surface area contributed by atoms with Gasteiger partial charge in [0.05, 0.1) is 73.6 Å². The molecule has 4 amide bonds. The van der Waals surface area contributed by atoms with Crippen LogP contribution in [0.3, 0.4) is 0 Å². The number of oxazole rings is 3. The molecule has 0 spiro atoms.